The van der Waals surface area contributed by atoms with Gasteiger partial charge < -0.3 is 41.2 Å². The van der Waals surface area contributed by atoms with Crippen LogP contribution < -0.4 is 21.1 Å². The first-order valence-corrected chi connectivity index (χ1v) is 14.8. The summed E-state index contributed by atoms with van der Waals surface area (Å²) in [5.41, 5.74) is 6.82. The quantitative estimate of drug-likeness (QED) is 0.121. The van der Waals surface area contributed by atoms with Crippen molar-refractivity contribution in [1.29, 1.82) is 0 Å². The second kappa shape index (κ2) is 16.0. The highest BCUT2D eigenvalue weighted by molar-refractivity contribution is 5.77. The van der Waals surface area contributed by atoms with Crippen LogP contribution >= 0.6 is 0 Å². The molecular formula is C30H50N4O6. The summed E-state index contributed by atoms with van der Waals surface area (Å²) < 4.78 is 11.7. The molecule has 2 fully saturated rings. The molecule has 0 spiro atoms. The minimum atomic E-state index is -0.674. The maximum absolute atomic E-state index is 12.0. The van der Waals surface area contributed by atoms with Gasteiger partial charge >= 0.3 is 5.97 Å². The Morgan fingerprint density at radius 3 is 2.67 bits per heavy atom. The first kappa shape index (κ1) is 32.0. The number of aryl methyl sites for hydroxylation is 1. The number of hydrogen-bond donors (Lipinski definition) is 6. The predicted molar refractivity (Wildman–Crippen MR) is 155 cm³/mol. The van der Waals surface area contributed by atoms with Crippen LogP contribution in [-0.2, 0) is 16.0 Å². The van der Waals surface area contributed by atoms with Crippen LogP contribution in [0.4, 0.5) is 0 Å². The Balaban J connectivity index is 1.65. The second-order valence-corrected chi connectivity index (χ2v) is 11.6. The molecule has 226 valence electrons. The van der Waals surface area contributed by atoms with E-state index < -0.39 is 12.2 Å². The topological polar surface area (TPSA) is 159 Å². The summed E-state index contributed by atoms with van der Waals surface area (Å²) in [6.07, 6.45) is 4.53. The number of nitrogens with zero attached hydrogens (tertiary/aromatic N) is 1. The van der Waals surface area contributed by atoms with Gasteiger partial charge in [0.1, 0.15) is 12.2 Å². The van der Waals surface area contributed by atoms with Gasteiger partial charge in [-0.25, -0.2) is 0 Å². The van der Waals surface area contributed by atoms with Crippen molar-refractivity contribution in [3.63, 3.8) is 0 Å². The largest absolute Gasteiger partial charge is 0.504 e. The Kier molecular flexibility index (Phi) is 12.8. The molecule has 1 saturated carbocycles. The van der Waals surface area contributed by atoms with E-state index in [4.69, 9.17) is 15.2 Å². The monoisotopic (exact) mass is 562 g/mol. The molecule has 0 amide bonds. The first-order valence-electron chi connectivity index (χ1n) is 14.8. The number of nitrogens with two attached hydrogens (primary N) is 1. The minimum Gasteiger partial charge on any atom is -0.504 e. The number of rotatable bonds is 13. The molecule has 1 saturated heterocycles. The number of nitrogens with one attached hydrogen (secondary N) is 2. The Morgan fingerprint density at radius 1 is 1.25 bits per heavy atom. The van der Waals surface area contributed by atoms with Crippen LogP contribution in [0.1, 0.15) is 64.4 Å². The number of guanidine groups is 1. The van der Waals surface area contributed by atoms with Gasteiger partial charge in [0.25, 0.3) is 0 Å². The molecule has 40 heavy (non-hydrogen) atoms. The van der Waals surface area contributed by atoms with Crippen LogP contribution in [0, 0.1) is 23.7 Å². The summed E-state index contributed by atoms with van der Waals surface area (Å²) in [5.74, 6) is 1.50. The summed E-state index contributed by atoms with van der Waals surface area (Å²) in [5, 5.41) is 38.0. The molecule has 0 unspecified atom stereocenters. The normalized spacial score (nSPS) is 25.7. The highest BCUT2D eigenvalue weighted by atomic mass is 16.5. The van der Waals surface area contributed by atoms with Crippen molar-refractivity contribution >= 4 is 11.9 Å². The average Bonchev–Trinajstić information content (AvgIpc) is 2.93. The van der Waals surface area contributed by atoms with Gasteiger partial charge in [-0.2, -0.15) is 0 Å². The van der Waals surface area contributed by atoms with Crippen LogP contribution in [0.15, 0.2) is 23.2 Å². The number of benzene rings is 1. The fourth-order valence-electron chi connectivity index (χ4n) is 6.32. The minimum absolute atomic E-state index is 0.0216. The third-order valence-corrected chi connectivity index (χ3v) is 8.64. The van der Waals surface area contributed by atoms with Crippen LogP contribution in [0.2, 0.25) is 0 Å². The molecule has 0 aromatic heterocycles. The number of piperidine rings is 1. The smallest absolute Gasteiger partial charge is 0.302 e. The summed E-state index contributed by atoms with van der Waals surface area (Å²) >= 11 is 0. The van der Waals surface area contributed by atoms with Crippen molar-refractivity contribution in [2.75, 3.05) is 33.3 Å². The van der Waals surface area contributed by atoms with E-state index in [-0.39, 0.29) is 36.3 Å². The number of phenols is 1. The van der Waals surface area contributed by atoms with Crippen molar-refractivity contribution in [1.82, 2.24) is 10.6 Å². The third kappa shape index (κ3) is 9.82. The Labute approximate surface area is 238 Å². The van der Waals surface area contributed by atoms with E-state index in [0.29, 0.717) is 55.8 Å². The van der Waals surface area contributed by atoms with E-state index >= 15 is 0 Å². The third-order valence-electron chi connectivity index (χ3n) is 8.64. The van der Waals surface area contributed by atoms with Crippen molar-refractivity contribution < 1.29 is 29.6 Å². The van der Waals surface area contributed by atoms with Crippen LogP contribution in [0.25, 0.3) is 0 Å². The van der Waals surface area contributed by atoms with Crippen molar-refractivity contribution in [2.24, 2.45) is 34.4 Å². The fourth-order valence-corrected chi connectivity index (χ4v) is 6.32. The SMILES string of the molecule is CN=C(N)NC[C@H]1C[C@@H]([C@H](O)C[C@@H](CCc2ccc(O)c(OC3CCNCC3)c2)OC(C)=O)[C@H](CCO)C[C@@H]1C. The molecule has 10 nitrogen and oxygen atoms in total. The lowest BCUT2D eigenvalue weighted by atomic mass is 9.65. The number of aliphatic hydroxyl groups is 2. The molecule has 1 aromatic carbocycles. The van der Waals surface area contributed by atoms with Gasteiger partial charge in [0.05, 0.1) is 6.10 Å². The number of aliphatic hydroxyl groups excluding tert-OH is 2. The molecule has 2 aliphatic rings. The van der Waals surface area contributed by atoms with Gasteiger partial charge in [0, 0.05) is 33.5 Å². The molecule has 1 aliphatic heterocycles. The molecule has 1 aromatic rings. The molecule has 3 rings (SSSR count). The van der Waals surface area contributed by atoms with E-state index in [0.717, 1.165) is 44.3 Å². The summed E-state index contributed by atoms with van der Waals surface area (Å²) in [6, 6.07) is 5.37. The molecular weight excluding hydrogens is 512 g/mol. The number of hydrogen-bond acceptors (Lipinski definition) is 8. The number of carbonyl (C=O) groups excluding carboxylic acids is 1. The Bertz CT molecular complexity index is 954. The van der Waals surface area contributed by atoms with E-state index in [2.05, 4.69) is 22.5 Å². The lowest BCUT2D eigenvalue weighted by Crippen LogP contribution is -2.44. The number of ether oxygens (including phenoxy) is 2. The number of aliphatic imine (C=N–C) groups is 1. The zero-order valence-electron chi connectivity index (χ0n) is 24.3. The van der Waals surface area contributed by atoms with Gasteiger partial charge in [-0.3, -0.25) is 9.79 Å². The van der Waals surface area contributed by atoms with Crippen molar-refractivity contribution in [3.05, 3.63) is 23.8 Å². The van der Waals surface area contributed by atoms with Crippen molar-refractivity contribution in [2.45, 2.75) is 83.5 Å². The maximum atomic E-state index is 12.0. The van der Waals surface area contributed by atoms with Gasteiger partial charge in [0.2, 0.25) is 0 Å². The van der Waals surface area contributed by atoms with E-state index in [1.165, 1.54) is 6.92 Å². The average molecular weight is 563 g/mol. The molecule has 1 aliphatic carbocycles. The lowest BCUT2D eigenvalue weighted by molar-refractivity contribution is -0.149. The summed E-state index contributed by atoms with van der Waals surface area (Å²) in [6.45, 7) is 6.15. The van der Waals surface area contributed by atoms with E-state index in [9.17, 15) is 20.1 Å². The summed E-state index contributed by atoms with van der Waals surface area (Å²) in [4.78, 5) is 15.9. The van der Waals surface area contributed by atoms with Crippen LogP contribution in [0.3, 0.4) is 0 Å². The molecule has 7 N–H and O–H groups in total. The standard InChI is InChI=1S/C30H50N4O6/c1-19-14-22(10-13-35)26(16-23(19)18-34-30(31)32-3)28(38)17-25(39-20(2)36)6-4-21-5-7-27(37)29(15-21)40-24-8-11-33-12-9-24/h5,7,15,19,22-26,28,33,35,37-38H,4,6,8-14,16-18H2,1-3H3,(H3,31,32,34)/t19-,22+,23+,25+,26+,28+/m0/s1. The maximum Gasteiger partial charge on any atom is 0.302 e. The van der Waals surface area contributed by atoms with Crippen molar-refractivity contribution in [3.8, 4) is 11.5 Å². The zero-order chi connectivity index (χ0) is 29.1. The predicted octanol–water partition coefficient (Wildman–Crippen LogP) is 2.33. The Hall–Kier alpha value is -2.56. The Morgan fingerprint density at radius 2 is 2.00 bits per heavy atom. The molecule has 0 radical (unpaired) electrons. The highest BCUT2D eigenvalue weighted by Gasteiger charge is 2.39. The molecule has 0 bridgehead atoms. The lowest BCUT2D eigenvalue weighted by Gasteiger charge is -2.43. The molecule has 10 heteroatoms. The first-order chi connectivity index (χ1) is 19.2. The number of aromatic hydroxyl groups is 1. The van der Waals surface area contributed by atoms with Gasteiger partial charge in [-0.05, 0) is 99.4 Å². The molecule has 1 heterocycles. The molecule has 6 atom stereocenters. The van der Waals surface area contributed by atoms with Crippen LogP contribution in [-0.4, -0.2) is 78.8 Å². The van der Waals surface area contributed by atoms with Gasteiger partial charge in [-0.1, -0.05) is 13.0 Å². The fraction of sp³-hybridized carbons (Fsp3) is 0.733. The number of esters is 1. The zero-order valence-corrected chi connectivity index (χ0v) is 24.3. The number of carbonyl (C=O) groups is 1. The van der Waals surface area contributed by atoms with Crippen LogP contribution in [0.5, 0.6) is 11.5 Å². The second-order valence-electron chi connectivity index (χ2n) is 11.6. The van der Waals surface area contributed by atoms with Gasteiger partial charge in [-0.15, -0.1) is 0 Å². The van der Waals surface area contributed by atoms with Gasteiger partial charge in [0.15, 0.2) is 17.5 Å². The van der Waals surface area contributed by atoms with E-state index in [1.54, 1.807) is 13.1 Å². The summed E-state index contributed by atoms with van der Waals surface area (Å²) in [7, 11) is 1.64. The number of phenolic OH excluding ortho intramolecular Hbond substituents is 1. The van der Waals surface area contributed by atoms with E-state index in [1.807, 2.05) is 12.1 Å². The highest BCUT2D eigenvalue weighted by Crippen LogP contribution is 2.42.